The first-order valence-corrected chi connectivity index (χ1v) is 9.18. The molecule has 1 aromatic carbocycles. The number of carbonyl (C=O) groups excluding carboxylic acids is 1. The van der Waals surface area contributed by atoms with Gasteiger partial charge in [-0.1, -0.05) is 6.07 Å². The van der Waals surface area contributed by atoms with Crippen LogP contribution in [0.5, 0.6) is 0 Å². The molecule has 1 atom stereocenters. The van der Waals surface area contributed by atoms with Crippen molar-refractivity contribution >= 4 is 21.6 Å². The second-order valence-electron chi connectivity index (χ2n) is 5.92. The zero-order valence-electron chi connectivity index (χ0n) is 13.6. The maximum Gasteiger partial charge on any atom is 0.240 e. The Labute approximate surface area is 141 Å². The third-order valence-electron chi connectivity index (χ3n) is 4.11. The Hall–Kier alpha value is -2.25. The van der Waals surface area contributed by atoms with Crippen LogP contribution in [0.4, 0.5) is 5.69 Å². The van der Waals surface area contributed by atoms with Crippen molar-refractivity contribution in [3.8, 4) is 0 Å². The number of nitrogens with one attached hydrogen (secondary N) is 1. The van der Waals surface area contributed by atoms with Crippen LogP contribution in [0.15, 0.2) is 47.6 Å². The number of sulfonamides is 1. The van der Waals surface area contributed by atoms with E-state index in [0.29, 0.717) is 6.42 Å². The standard InChI is InChI=1S/C17H19N3O3S/c1-12-8-15-9-16(5-6-17(15)20(12)13(2)21)24(22,23)19-11-14-4-3-7-18-10-14/h3-7,9-10,12,19H,8,11H2,1-2H3/t12-/m1/s1. The molecule has 2 aromatic rings. The number of benzene rings is 1. The van der Waals surface area contributed by atoms with Crippen molar-refractivity contribution in [3.63, 3.8) is 0 Å². The molecule has 7 heteroatoms. The van der Waals surface area contributed by atoms with E-state index in [1.54, 1.807) is 41.6 Å². The van der Waals surface area contributed by atoms with E-state index in [4.69, 9.17) is 0 Å². The average Bonchev–Trinajstić information content (AvgIpc) is 2.89. The minimum atomic E-state index is -3.62. The molecular formula is C17H19N3O3S. The summed E-state index contributed by atoms with van der Waals surface area (Å²) in [6.45, 7) is 3.66. The molecule has 0 fully saturated rings. The number of rotatable bonds is 4. The van der Waals surface area contributed by atoms with Gasteiger partial charge in [-0.3, -0.25) is 9.78 Å². The van der Waals surface area contributed by atoms with Gasteiger partial charge in [-0.05, 0) is 48.7 Å². The number of nitrogens with zero attached hydrogens (tertiary/aromatic N) is 2. The number of hydrogen-bond donors (Lipinski definition) is 1. The molecule has 126 valence electrons. The summed E-state index contributed by atoms with van der Waals surface area (Å²) in [5, 5.41) is 0. The van der Waals surface area contributed by atoms with Crippen molar-refractivity contribution in [3.05, 3.63) is 53.9 Å². The van der Waals surface area contributed by atoms with E-state index in [1.165, 1.54) is 6.92 Å². The highest BCUT2D eigenvalue weighted by Gasteiger charge is 2.30. The van der Waals surface area contributed by atoms with Gasteiger partial charge in [0.05, 0.1) is 4.90 Å². The van der Waals surface area contributed by atoms with E-state index in [9.17, 15) is 13.2 Å². The maximum absolute atomic E-state index is 12.5. The summed E-state index contributed by atoms with van der Waals surface area (Å²) in [6, 6.07) is 8.51. The summed E-state index contributed by atoms with van der Waals surface area (Å²) in [4.78, 5) is 17.6. The Morgan fingerprint density at radius 2 is 2.17 bits per heavy atom. The summed E-state index contributed by atoms with van der Waals surface area (Å²) >= 11 is 0. The van der Waals surface area contributed by atoms with Crippen LogP contribution in [0, 0.1) is 0 Å². The molecule has 0 saturated carbocycles. The smallest absolute Gasteiger partial charge is 0.240 e. The monoisotopic (exact) mass is 345 g/mol. The highest BCUT2D eigenvalue weighted by atomic mass is 32.2. The molecule has 1 aromatic heterocycles. The third kappa shape index (κ3) is 3.18. The van der Waals surface area contributed by atoms with Crippen LogP contribution in [0.1, 0.15) is 25.0 Å². The van der Waals surface area contributed by atoms with Crippen LogP contribution in [-0.4, -0.2) is 25.4 Å². The molecule has 24 heavy (non-hydrogen) atoms. The lowest BCUT2D eigenvalue weighted by Gasteiger charge is -2.20. The fourth-order valence-corrected chi connectivity index (χ4v) is 4.09. The number of hydrogen-bond acceptors (Lipinski definition) is 4. The zero-order chi connectivity index (χ0) is 17.3. The first-order valence-electron chi connectivity index (χ1n) is 7.70. The second-order valence-corrected chi connectivity index (χ2v) is 7.69. The summed E-state index contributed by atoms with van der Waals surface area (Å²) in [5.74, 6) is -0.0356. The van der Waals surface area contributed by atoms with E-state index in [1.807, 2.05) is 13.0 Å². The van der Waals surface area contributed by atoms with Gasteiger partial charge >= 0.3 is 0 Å². The van der Waals surface area contributed by atoms with Crippen molar-refractivity contribution in [2.75, 3.05) is 4.90 Å². The minimum Gasteiger partial charge on any atom is -0.309 e. The van der Waals surface area contributed by atoms with Crippen LogP contribution in [-0.2, 0) is 27.8 Å². The van der Waals surface area contributed by atoms with E-state index in [-0.39, 0.29) is 23.4 Å². The number of fused-ring (bicyclic) bond motifs is 1. The molecule has 1 N–H and O–H groups in total. The molecule has 3 rings (SSSR count). The Balaban J connectivity index is 1.83. The Morgan fingerprint density at radius 1 is 1.38 bits per heavy atom. The first-order chi connectivity index (χ1) is 11.4. The largest absolute Gasteiger partial charge is 0.309 e. The van der Waals surface area contributed by atoms with Gasteiger partial charge in [-0.15, -0.1) is 0 Å². The molecule has 6 nitrogen and oxygen atoms in total. The fraction of sp³-hybridized carbons (Fsp3) is 0.294. The predicted molar refractivity (Wildman–Crippen MR) is 91.0 cm³/mol. The van der Waals surface area contributed by atoms with Crippen LogP contribution < -0.4 is 9.62 Å². The van der Waals surface area contributed by atoms with Crippen LogP contribution in [0.25, 0.3) is 0 Å². The molecule has 0 radical (unpaired) electrons. The van der Waals surface area contributed by atoms with Gasteiger partial charge in [0.15, 0.2) is 0 Å². The van der Waals surface area contributed by atoms with Gasteiger partial charge in [0.25, 0.3) is 0 Å². The summed E-state index contributed by atoms with van der Waals surface area (Å²) < 4.78 is 27.6. The quantitative estimate of drug-likeness (QED) is 0.917. The van der Waals surface area contributed by atoms with Crippen LogP contribution >= 0.6 is 0 Å². The van der Waals surface area contributed by atoms with E-state index in [0.717, 1.165) is 16.8 Å². The van der Waals surface area contributed by atoms with Gasteiger partial charge < -0.3 is 4.90 Å². The molecule has 1 amide bonds. The molecular weight excluding hydrogens is 326 g/mol. The lowest BCUT2D eigenvalue weighted by atomic mass is 10.1. The summed E-state index contributed by atoms with van der Waals surface area (Å²) in [7, 11) is -3.62. The summed E-state index contributed by atoms with van der Waals surface area (Å²) in [5.41, 5.74) is 2.46. The first kappa shape index (κ1) is 16.6. The molecule has 2 heterocycles. The van der Waals surface area contributed by atoms with E-state index in [2.05, 4.69) is 9.71 Å². The predicted octanol–water partition coefficient (Wildman–Crippen LogP) is 1.86. The van der Waals surface area contributed by atoms with Crippen molar-refractivity contribution in [1.82, 2.24) is 9.71 Å². The van der Waals surface area contributed by atoms with Gasteiger partial charge in [0, 0.05) is 37.6 Å². The van der Waals surface area contributed by atoms with Crippen molar-refractivity contribution in [1.29, 1.82) is 0 Å². The SMILES string of the molecule is CC(=O)N1c2ccc(S(=O)(=O)NCc3cccnc3)cc2C[C@H]1C. The highest BCUT2D eigenvalue weighted by molar-refractivity contribution is 7.89. The maximum atomic E-state index is 12.5. The summed E-state index contributed by atoms with van der Waals surface area (Å²) in [6.07, 6.45) is 3.92. The molecule has 0 spiro atoms. The number of anilines is 1. The molecule has 0 aliphatic carbocycles. The van der Waals surface area contributed by atoms with E-state index >= 15 is 0 Å². The van der Waals surface area contributed by atoms with Gasteiger partial charge in [0.2, 0.25) is 15.9 Å². The van der Waals surface area contributed by atoms with Gasteiger partial charge in [-0.25, -0.2) is 13.1 Å². The normalized spacial score (nSPS) is 16.9. The lowest BCUT2D eigenvalue weighted by molar-refractivity contribution is -0.116. The van der Waals surface area contributed by atoms with Crippen LogP contribution in [0.3, 0.4) is 0 Å². The highest BCUT2D eigenvalue weighted by Crippen LogP contribution is 2.33. The van der Waals surface area contributed by atoms with Crippen molar-refractivity contribution in [2.45, 2.75) is 37.8 Å². The van der Waals surface area contributed by atoms with Gasteiger partial charge in [0.1, 0.15) is 0 Å². The third-order valence-corrected chi connectivity index (χ3v) is 5.50. The topological polar surface area (TPSA) is 79.4 Å². The lowest BCUT2D eigenvalue weighted by Crippen LogP contribution is -2.33. The van der Waals surface area contributed by atoms with Crippen molar-refractivity contribution < 1.29 is 13.2 Å². The molecule has 0 bridgehead atoms. The van der Waals surface area contributed by atoms with Crippen molar-refractivity contribution in [2.24, 2.45) is 0 Å². The second kappa shape index (κ2) is 6.33. The van der Waals surface area contributed by atoms with Gasteiger partial charge in [-0.2, -0.15) is 0 Å². The Bertz CT molecular complexity index is 866. The number of carbonyl (C=O) groups is 1. The van der Waals surface area contributed by atoms with Crippen LogP contribution in [0.2, 0.25) is 0 Å². The average molecular weight is 345 g/mol. The van der Waals surface area contributed by atoms with E-state index < -0.39 is 10.0 Å². The minimum absolute atomic E-state index is 0.0356. The Kier molecular flexibility index (Phi) is 4.38. The molecule has 0 saturated heterocycles. The molecule has 0 unspecified atom stereocenters. The molecule has 1 aliphatic rings. The number of pyridine rings is 1. The number of amides is 1. The number of aromatic nitrogens is 1. The Morgan fingerprint density at radius 3 is 2.83 bits per heavy atom. The molecule has 1 aliphatic heterocycles. The fourth-order valence-electron chi connectivity index (χ4n) is 3.02. The zero-order valence-corrected chi connectivity index (χ0v) is 14.4.